The topological polar surface area (TPSA) is 0 Å². The highest BCUT2D eigenvalue weighted by Crippen LogP contribution is 2.39. The summed E-state index contributed by atoms with van der Waals surface area (Å²) in [6, 6.07) is 21.1. The lowest BCUT2D eigenvalue weighted by Crippen LogP contribution is -2.14. The molecule has 3 atom stereocenters. The molecule has 0 unspecified atom stereocenters. The molecule has 0 nitrogen and oxygen atoms in total. The standard InChI is InChI=1S/C16H16Br2/c1-12(13-8-4-2-5-9-13)15(17)16(18)14-10-6-3-7-11-14/h2-12,15-16H,1H3/t12-,15-,16+/m1/s1. The lowest BCUT2D eigenvalue weighted by Gasteiger charge is -2.24. The fraction of sp³-hybridized carbons (Fsp3) is 0.250. The molecule has 0 bridgehead atoms. The van der Waals surface area contributed by atoms with Crippen LogP contribution in [0.25, 0.3) is 0 Å². The first-order valence-electron chi connectivity index (χ1n) is 6.08. The molecule has 2 aromatic carbocycles. The van der Waals surface area contributed by atoms with Crippen molar-refractivity contribution >= 4 is 31.9 Å². The van der Waals surface area contributed by atoms with Crippen molar-refractivity contribution in [3.8, 4) is 0 Å². The van der Waals surface area contributed by atoms with Crippen LogP contribution in [-0.2, 0) is 0 Å². The molecular formula is C16H16Br2. The zero-order valence-electron chi connectivity index (χ0n) is 10.3. The van der Waals surface area contributed by atoms with Gasteiger partial charge in [-0.2, -0.15) is 0 Å². The van der Waals surface area contributed by atoms with Crippen LogP contribution in [0.15, 0.2) is 60.7 Å². The van der Waals surface area contributed by atoms with Gasteiger partial charge >= 0.3 is 0 Å². The Bertz CT molecular complexity index is 421. The van der Waals surface area contributed by atoms with Crippen molar-refractivity contribution in [1.29, 1.82) is 0 Å². The van der Waals surface area contributed by atoms with Gasteiger partial charge < -0.3 is 0 Å². The van der Waals surface area contributed by atoms with Gasteiger partial charge in [0.2, 0.25) is 0 Å². The average Bonchev–Trinajstić information content (AvgIpc) is 2.47. The quantitative estimate of drug-likeness (QED) is 0.609. The number of rotatable bonds is 4. The molecule has 0 fully saturated rings. The Morgan fingerprint density at radius 1 is 0.722 bits per heavy atom. The number of benzene rings is 2. The van der Waals surface area contributed by atoms with Gasteiger partial charge in [-0.1, -0.05) is 99.4 Å². The maximum atomic E-state index is 3.84. The van der Waals surface area contributed by atoms with Crippen molar-refractivity contribution in [3.05, 3.63) is 71.8 Å². The molecule has 2 rings (SSSR count). The minimum Gasteiger partial charge on any atom is -0.0868 e. The van der Waals surface area contributed by atoms with Gasteiger partial charge in [-0.05, 0) is 17.0 Å². The van der Waals surface area contributed by atoms with Gasteiger partial charge in [0.15, 0.2) is 0 Å². The van der Waals surface area contributed by atoms with E-state index in [1.807, 2.05) is 6.07 Å². The highest BCUT2D eigenvalue weighted by Gasteiger charge is 2.24. The Kier molecular flexibility index (Phi) is 5.02. The molecular weight excluding hydrogens is 352 g/mol. The Labute approximate surface area is 126 Å². The fourth-order valence-corrected chi connectivity index (χ4v) is 3.39. The molecule has 18 heavy (non-hydrogen) atoms. The minimum atomic E-state index is 0.314. The van der Waals surface area contributed by atoms with Gasteiger partial charge in [0.05, 0.1) is 4.83 Å². The molecule has 0 heterocycles. The van der Waals surface area contributed by atoms with Crippen LogP contribution in [0.3, 0.4) is 0 Å². The molecule has 0 aliphatic carbocycles. The zero-order valence-corrected chi connectivity index (χ0v) is 13.4. The summed E-state index contributed by atoms with van der Waals surface area (Å²) in [7, 11) is 0. The molecule has 0 aliphatic heterocycles. The minimum absolute atomic E-state index is 0.314. The van der Waals surface area contributed by atoms with Crippen LogP contribution in [0, 0.1) is 0 Å². The lowest BCUT2D eigenvalue weighted by atomic mass is 9.94. The van der Waals surface area contributed by atoms with Crippen LogP contribution >= 0.6 is 31.9 Å². The summed E-state index contributed by atoms with van der Waals surface area (Å²) in [6.07, 6.45) is 0. The van der Waals surface area contributed by atoms with Crippen LogP contribution < -0.4 is 0 Å². The molecule has 0 aliphatic rings. The maximum Gasteiger partial charge on any atom is 0.0526 e. The first kappa shape index (κ1) is 13.8. The molecule has 2 heteroatoms. The molecule has 0 saturated heterocycles. The summed E-state index contributed by atoms with van der Waals surface area (Å²) in [5, 5.41) is 0. The summed E-state index contributed by atoms with van der Waals surface area (Å²) in [5.74, 6) is 0.454. The molecule has 0 aromatic heterocycles. The second kappa shape index (κ2) is 6.53. The monoisotopic (exact) mass is 366 g/mol. The first-order chi connectivity index (χ1) is 8.70. The summed E-state index contributed by atoms with van der Waals surface area (Å²) in [4.78, 5) is 0.677. The Balaban J connectivity index is 2.14. The molecule has 0 saturated carbocycles. The van der Waals surface area contributed by atoms with E-state index in [0.29, 0.717) is 15.6 Å². The smallest absolute Gasteiger partial charge is 0.0526 e. The van der Waals surface area contributed by atoms with Crippen LogP contribution in [0.1, 0.15) is 28.8 Å². The van der Waals surface area contributed by atoms with Gasteiger partial charge in [0.1, 0.15) is 0 Å². The van der Waals surface area contributed by atoms with Crippen molar-refractivity contribution in [2.75, 3.05) is 0 Å². The largest absolute Gasteiger partial charge is 0.0868 e. The fourth-order valence-electron chi connectivity index (χ4n) is 2.01. The van der Waals surface area contributed by atoms with Crippen LogP contribution in [0.2, 0.25) is 0 Å². The number of hydrogen-bond donors (Lipinski definition) is 0. The SMILES string of the molecule is C[C@H](c1ccccc1)[C@@H](Br)[C@@H](Br)c1ccccc1. The predicted octanol–water partition coefficient (Wildman–Crippen LogP) is 5.69. The lowest BCUT2D eigenvalue weighted by molar-refractivity contribution is 0.705. The zero-order chi connectivity index (χ0) is 13.0. The highest BCUT2D eigenvalue weighted by molar-refractivity contribution is 9.12. The van der Waals surface area contributed by atoms with E-state index in [1.54, 1.807) is 0 Å². The van der Waals surface area contributed by atoms with E-state index in [2.05, 4.69) is 93.4 Å². The van der Waals surface area contributed by atoms with Crippen molar-refractivity contribution in [1.82, 2.24) is 0 Å². The third kappa shape index (κ3) is 3.24. The third-order valence-corrected chi connectivity index (χ3v) is 6.33. The Hall–Kier alpha value is -0.600. The summed E-state index contributed by atoms with van der Waals surface area (Å²) < 4.78 is 0. The van der Waals surface area contributed by atoms with E-state index in [-0.39, 0.29) is 0 Å². The average molecular weight is 368 g/mol. The van der Waals surface area contributed by atoms with Crippen LogP contribution in [0.4, 0.5) is 0 Å². The van der Waals surface area contributed by atoms with Crippen molar-refractivity contribution in [3.63, 3.8) is 0 Å². The van der Waals surface area contributed by atoms with Gasteiger partial charge in [-0.15, -0.1) is 0 Å². The summed E-state index contributed by atoms with van der Waals surface area (Å²) in [6.45, 7) is 2.26. The normalized spacial score (nSPS) is 15.9. The van der Waals surface area contributed by atoms with E-state index in [0.717, 1.165) is 0 Å². The van der Waals surface area contributed by atoms with Crippen LogP contribution in [0.5, 0.6) is 0 Å². The Morgan fingerprint density at radius 2 is 1.17 bits per heavy atom. The predicted molar refractivity (Wildman–Crippen MR) is 85.7 cm³/mol. The van der Waals surface area contributed by atoms with Gasteiger partial charge in [-0.3, -0.25) is 0 Å². The molecule has 94 valence electrons. The third-order valence-electron chi connectivity index (χ3n) is 3.20. The summed E-state index contributed by atoms with van der Waals surface area (Å²) in [5.41, 5.74) is 2.67. The number of alkyl halides is 2. The van der Waals surface area contributed by atoms with E-state index in [4.69, 9.17) is 0 Å². The van der Waals surface area contributed by atoms with E-state index in [1.165, 1.54) is 11.1 Å². The molecule has 0 amide bonds. The number of halogens is 2. The summed E-state index contributed by atoms with van der Waals surface area (Å²) >= 11 is 7.64. The second-order valence-corrected chi connectivity index (χ2v) is 6.50. The number of hydrogen-bond acceptors (Lipinski definition) is 0. The van der Waals surface area contributed by atoms with Crippen molar-refractivity contribution in [2.45, 2.75) is 22.5 Å². The van der Waals surface area contributed by atoms with Crippen molar-refractivity contribution in [2.24, 2.45) is 0 Å². The highest BCUT2D eigenvalue weighted by atomic mass is 79.9. The van der Waals surface area contributed by atoms with E-state index >= 15 is 0 Å². The molecule has 0 N–H and O–H groups in total. The van der Waals surface area contributed by atoms with E-state index in [9.17, 15) is 0 Å². The maximum absolute atomic E-state index is 3.84. The van der Waals surface area contributed by atoms with Gasteiger partial charge in [-0.25, -0.2) is 0 Å². The first-order valence-corrected chi connectivity index (χ1v) is 7.91. The van der Waals surface area contributed by atoms with E-state index < -0.39 is 0 Å². The van der Waals surface area contributed by atoms with Crippen LogP contribution in [-0.4, -0.2) is 4.83 Å². The van der Waals surface area contributed by atoms with Crippen molar-refractivity contribution < 1.29 is 0 Å². The van der Waals surface area contributed by atoms with Gasteiger partial charge in [0.25, 0.3) is 0 Å². The molecule has 0 spiro atoms. The molecule has 2 aromatic rings. The van der Waals surface area contributed by atoms with Gasteiger partial charge in [0, 0.05) is 4.83 Å². The molecule has 0 radical (unpaired) electrons. The second-order valence-electron chi connectivity index (χ2n) is 4.46. The Morgan fingerprint density at radius 3 is 1.67 bits per heavy atom.